The Balaban J connectivity index is 0.00000121. The van der Waals surface area contributed by atoms with Crippen molar-refractivity contribution >= 4 is 5.91 Å². The van der Waals surface area contributed by atoms with Gasteiger partial charge in [-0.05, 0) is 0 Å². The van der Waals surface area contributed by atoms with E-state index in [2.05, 4.69) is 11.9 Å². The summed E-state index contributed by atoms with van der Waals surface area (Å²) in [6.45, 7) is 7.09. The number of nitrogens with zero attached hydrogens (tertiary/aromatic N) is 1. The highest BCUT2D eigenvalue weighted by Gasteiger charge is 2.29. The number of rotatable bonds is 2. The molecule has 0 aromatic carbocycles. The lowest BCUT2D eigenvalue weighted by atomic mass is 9.97. The summed E-state index contributed by atoms with van der Waals surface area (Å²) in [5.41, 5.74) is 1.03. The molecule has 0 aromatic rings. The highest BCUT2D eigenvalue weighted by molar-refractivity contribution is 5.74. The van der Waals surface area contributed by atoms with Crippen molar-refractivity contribution < 1.29 is 6.22 Å². The van der Waals surface area contributed by atoms with Crippen LogP contribution in [0.15, 0.2) is 12.3 Å². The third kappa shape index (κ3) is 1.53. The maximum absolute atomic E-state index is 10.8. The van der Waals surface area contributed by atoms with Crippen molar-refractivity contribution in [1.82, 2.24) is 10.2 Å². The Kier molecular flexibility index (Phi) is 2.17. The summed E-state index contributed by atoms with van der Waals surface area (Å²) in [5.74, 6) is 0.619. The minimum Gasteiger partial charge on any atom is -0.392 e. The summed E-state index contributed by atoms with van der Waals surface area (Å²) >= 11 is 0. The number of nitrogens with one attached hydrogen (secondary N) is 1. The number of carbonyl (C=O) groups excluding carboxylic acids is 1. The van der Waals surface area contributed by atoms with Gasteiger partial charge in [0.1, 0.15) is 0 Å². The Morgan fingerprint density at radius 3 is 2.64 bits per heavy atom. The molecule has 0 aliphatic carbocycles. The molecule has 11 heavy (non-hydrogen) atoms. The van der Waals surface area contributed by atoms with Gasteiger partial charge in [-0.1, -0.05) is 6.58 Å². The zero-order chi connectivity index (χ0) is 8.43. The maximum atomic E-state index is 10.8. The summed E-state index contributed by atoms with van der Waals surface area (Å²) in [7, 11) is 1.86. The molecular formula is C8H16N2O. The topological polar surface area (TPSA) is 32.3 Å². The normalized spacial score (nSPS) is 17.5. The van der Waals surface area contributed by atoms with Gasteiger partial charge in [0.15, 0.2) is 0 Å². The van der Waals surface area contributed by atoms with E-state index in [9.17, 15) is 4.79 Å². The number of carbonyl (C=O) groups is 1. The number of hydrogen-bond donors (Lipinski definition) is 1. The minimum atomic E-state index is 0. The molecule has 1 fully saturated rings. The molecular weight excluding hydrogens is 140 g/mol. The van der Waals surface area contributed by atoms with Crippen LogP contribution in [-0.4, -0.2) is 30.9 Å². The van der Waals surface area contributed by atoms with Gasteiger partial charge in [0, 0.05) is 40.1 Å². The van der Waals surface area contributed by atoms with Crippen molar-refractivity contribution in [1.29, 1.82) is 0 Å². The number of likely N-dealkylation sites (tertiary alicyclic amines) is 1. The first-order chi connectivity index (χ1) is 5.15. The fourth-order valence-corrected chi connectivity index (χ4v) is 1.16. The van der Waals surface area contributed by atoms with Gasteiger partial charge in [0.2, 0.25) is 5.91 Å². The van der Waals surface area contributed by atoms with Crippen molar-refractivity contribution in [2.45, 2.75) is 6.92 Å². The van der Waals surface area contributed by atoms with E-state index >= 15 is 0 Å². The predicted octanol–water partition coefficient (Wildman–Crippen LogP) is 0.444. The van der Waals surface area contributed by atoms with E-state index in [1.807, 2.05) is 11.9 Å². The van der Waals surface area contributed by atoms with E-state index < -0.39 is 0 Å². The van der Waals surface area contributed by atoms with E-state index in [1.54, 1.807) is 6.92 Å². The monoisotopic (exact) mass is 156 g/mol. The molecule has 0 bridgehead atoms. The van der Waals surface area contributed by atoms with Gasteiger partial charge in [-0.25, -0.2) is 0 Å². The van der Waals surface area contributed by atoms with Crippen molar-refractivity contribution in [3.05, 3.63) is 12.3 Å². The van der Waals surface area contributed by atoms with Gasteiger partial charge in [-0.3, -0.25) is 4.79 Å². The van der Waals surface area contributed by atoms with Crippen molar-refractivity contribution in [3.63, 3.8) is 0 Å². The van der Waals surface area contributed by atoms with Crippen LogP contribution in [0.5, 0.6) is 0 Å². The molecule has 0 spiro atoms. The average molecular weight is 156 g/mol. The van der Waals surface area contributed by atoms with Crippen LogP contribution in [0, 0.1) is 5.92 Å². The predicted molar refractivity (Wildman–Crippen MR) is 46.1 cm³/mol. The van der Waals surface area contributed by atoms with Crippen LogP contribution in [0.1, 0.15) is 8.35 Å². The van der Waals surface area contributed by atoms with Gasteiger partial charge >= 0.3 is 0 Å². The first-order valence-corrected chi connectivity index (χ1v) is 3.77. The van der Waals surface area contributed by atoms with Crippen molar-refractivity contribution in [2.75, 3.05) is 20.1 Å². The lowest BCUT2D eigenvalue weighted by Crippen LogP contribution is -2.51. The molecule has 1 heterocycles. The minimum absolute atomic E-state index is 0. The zero-order valence-corrected chi connectivity index (χ0v) is 7.05. The van der Waals surface area contributed by atoms with E-state index in [0.717, 1.165) is 18.8 Å². The van der Waals surface area contributed by atoms with E-state index in [-0.39, 0.29) is 7.33 Å². The summed E-state index contributed by atoms with van der Waals surface area (Å²) in [4.78, 5) is 12.6. The molecule has 1 rings (SSSR count). The standard InChI is InChI=1S/C8H14N2O.H2/c1-6(9-3)8-4-10(5-8)7(2)11;/h8-9H,1,4-5H2,2-3H3;1H. The van der Waals surface area contributed by atoms with Gasteiger partial charge in [-0.2, -0.15) is 0 Å². The van der Waals surface area contributed by atoms with Gasteiger partial charge in [0.05, 0.1) is 0 Å². The van der Waals surface area contributed by atoms with E-state index in [4.69, 9.17) is 0 Å². The third-order valence-corrected chi connectivity index (χ3v) is 2.14. The average Bonchev–Trinajstić information content (AvgIpc) is 1.83. The fraction of sp³-hybridized carbons (Fsp3) is 0.625. The first kappa shape index (κ1) is 8.11. The lowest BCUT2D eigenvalue weighted by molar-refractivity contribution is -0.134. The maximum Gasteiger partial charge on any atom is 0.219 e. The highest BCUT2D eigenvalue weighted by Crippen LogP contribution is 2.19. The third-order valence-electron chi connectivity index (χ3n) is 2.14. The molecule has 1 amide bonds. The van der Waals surface area contributed by atoms with E-state index in [0.29, 0.717) is 5.92 Å². The van der Waals surface area contributed by atoms with Crippen LogP contribution < -0.4 is 5.32 Å². The highest BCUT2D eigenvalue weighted by atomic mass is 16.2. The first-order valence-electron chi connectivity index (χ1n) is 3.77. The summed E-state index contributed by atoms with van der Waals surface area (Å²) in [6, 6.07) is 0. The Morgan fingerprint density at radius 2 is 2.27 bits per heavy atom. The second-order valence-corrected chi connectivity index (χ2v) is 2.90. The molecule has 1 N–H and O–H groups in total. The Labute approximate surface area is 68.6 Å². The molecule has 3 nitrogen and oxygen atoms in total. The van der Waals surface area contributed by atoms with Crippen LogP contribution in [0.25, 0.3) is 0 Å². The Morgan fingerprint density at radius 1 is 1.73 bits per heavy atom. The summed E-state index contributed by atoms with van der Waals surface area (Å²) < 4.78 is 0. The summed E-state index contributed by atoms with van der Waals surface area (Å²) in [6.07, 6.45) is 0. The SMILES string of the molecule is C=C(NC)C1CN(C(C)=O)C1.[HH]. The van der Waals surface area contributed by atoms with Crippen LogP contribution in [0.2, 0.25) is 0 Å². The molecule has 0 radical (unpaired) electrons. The van der Waals surface area contributed by atoms with Gasteiger partial charge in [0.25, 0.3) is 0 Å². The smallest absolute Gasteiger partial charge is 0.219 e. The molecule has 0 saturated carbocycles. The lowest BCUT2D eigenvalue weighted by Gasteiger charge is -2.39. The second-order valence-electron chi connectivity index (χ2n) is 2.90. The largest absolute Gasteiger partial charge is 0.392 e. The molecule has 1 aliphatic heterocycles. The van der Waals surface area contributed by atoms with Gasteiger partial charge < -0.3 is 10.2 Å². The van der Waals surface area contributed by atoms with Crippen molar-refractivity contribution in [2.24, 2.45) is 5.92 Å². The zero-order valence-electron chi connectivity index (χ0n) is 7.05. The molecule has 1 aliphatic rings. The quantitative estimate of drug-likeness (QED) is 0.629. The summed E-state index contributed by atoms with van der Waals surface area (Å²) in [5, 5.41) is 2.99. The van der Waals surface area contributed by atoms with Crippen LogP contribution in [0.3, 0.4) is 0 Å². The molecule has 0 atom stereocenters. The van der Waals surface area contributed by atoms with Gasteiger partial charge in [-0.15, -0.1) is 0 Å². The molecule has 1 saturated heterocycles. The Bertz CT molecular complexity index is 187. The van der Waals surface area contributed by atoms with E-state index in [1.165, 1.54) is 0 Å². The van der Waals surface area contributed by atoms with Crippen LogP contribution >= 0.6 is 0 Å². The Hall–Kier alpha value is -0.990. The number of amides is 1. The fourth-order valence-electron chi connectivity index (χ4n) is 1.16. The van der Waals surface area contributed by atoms with Crippen molar-refractivity contribution in [3.8, 4) is 0 Å². The molecule has 3 heteroatoms. The van der Waals surface area contributed by atoms with Crippen LogP contribution in [0.4, 0.5) is 0 Å². The van der Waals surface area contributed by atoms with Crippen LogP contribution in [-0.2, 0) is 4.79 Å². The second kappa shape index (κ2) is 2.95. The molecule has 0 unspecified atom stereocenters. The molecule has 0 aromatic heterocycles. The molecule has 64 valence electrons. The number of hydrogen-bond acceptors (Lipinski definition) is 2.